The topological polar surface area (TPSA) is 29.5 Å². The van der Waals surface area contributed by atoms with Crippen molar-refractivity contribution in [3.8, 4) is 0 Å². The normalized spacial score (nSPS) is 25.4. The van der Waals surface area contributed by atoms with E-state index in [0.29, 0.717) is 13.2 Å². The van der Waals surface area contributed by atoms with E-state index in [1.54, 1.807) is 0 Å². The number of aliphatic hydroxyl groups is 1. The molecule has 1 N–H and O–H groups in total. The van der Waals surface area contributed by atoms with E-state index < -0.39 is 5.60 Å². The van der Waals surface area contributed by atoms with Crippen LogP contribution in [0.4, 0.5) is 0 Å². The lowest BCUT2D eigenvalue weighted by Gasteiger charge is -2.28. The molecule has 0 atom stereocenters. The predicted molar refractivity (Wildman–Crippen MR) is 39.8 cm³/mol. The molecule has 1 aliphatic heterocycles. The summed E-state index contributed by atoms with van der Waals surface area (Å²) in [6.45, 7) is 3.29. The van der Waals surface area contributed by atoms with Gasteiger partial charge in [-0.25, -0.2) is 0 Å². The van der Waals surface area contributed by atoms with E-state index in [1.807, 2.05) is 19.1 Å². The van der Waals surface area contributed by atoms with Gasteiger partial charge in [0.1, 0.15) is 0 Å². The van der Waals surface area contributed by atoms with Crippen molar-refractivity contribution < 1.29 is 9.84 Å². The van der Waals surface area contributed by atoms with Gasteiger partial charge in [0, 0.05) is 26.1 Å². The van der Waals surface area contributed by atoms with Gasteiger partial charge in [-0.1, -0.05) is 12.2 Å². The van der Waals surface area contributed by atoms with Crippen LogP contribution in [-0.4, -0.2) is 23.9 Å². The van der Waals surface area contributed by atoms with E-state index in [0.717, 1.165) is 12.8 Å². The second-order valence-electron chi connectivity index (χ2n) is 2.72. The van der Waals surface area contributed by atoms with Crippen molar-refractivity contribution in [1.82, 2.24) is 0 Å². The quantitative estimate of drug-likeness (QED) is 0.555. The van der Waals surface area contributed by atoms with Crippen LogP contribution < -0.4 is 0 Å². The highest BCUT2D eigenvalue weighted by Gasteiger charge is 2.25. The zero-order valence-electron chi connectivity index (χ0n) is 6.34. The summed E-state index contributed by atoms with van der Waals surface area (Å²) >= 11 is 0. The number of allylic oxidation sites excluding steroid dienone is 1. The third-order valence-corrected chi connectivity index (χ3v) is 1.84. The first kappa shape index (κ1) is 7.76. The van der Waals surface area contributed by atoms with Crippen LogP contribution in [0, 0.1) is 0 Å². The van der Waals surface area contributed by atoms with Crippen molar-refractivity contribution in [2.75, 3.05) is 13.2 Å². The maximum Gasteiger partial charge on any atom is 0.0871 e. The summed E-state index contributed by atoms with van der Waals surface area (Å²) in [5.41, 5.74) is -0.576. The van der Waals surface area contributed by atoms with Crippen molar-refractivity contribution in [2.45, 2.75) is 25.4 Å². The Bertz CT molecular complexity index is 123. The minimum atomic E-state index is -0.576. The molecule has 0 aromatic heterocycles. The van der Waals surface area contributed by atoms with E-state index in [9.17, 15) is 5.11 Å². The van der Waals surface area contributed by atoms with Crippen LogP contribution in [0.5, 0.6) is 0 Å². The molecule has 0 spiro atoms. The number of ether oxygens (including phenoxy) is 1. The smallest absolute Gasteiger partial charge is 0.0871 e. The highest BCUT2D eigenvalue weighted by atomic mass is 16.5. The number of rotatable bonds is 1. The largest absolute Gasteiger partial charge is 0.386 e. The molecule has 0 aromatic carbocycles. The molecule has 0 aromatic rings. The van der Waals surface area contributed by atoms with E-state index in [2.05, 4.69) is 0 Å². The fraction of sp³-hybridized carbons (Fsp3) is 0.750. The van der Waals surface area contributed by atoms with Crippen molar-refractivity contribution in [1.29, 1.82) is 0 Å². The maximum atomic E-state index is 9.70. The fourth-order valence-corrected chi connectivity index (χ4v) is 1.20. The molecule has 0 radical (unpaired) electrons. The molecule has 0 amide bonds. The summed E-state index contributed by atoms with van der Waals surface area (Å²) in [6.07, 6.45) is 5.22. The first-order chi connectivity index (χ1) is 4.77. The molecule has 1 aliphatic rings. The molecule has 0 aliphatic carbocycles. The number of hydrogen-bond donors (Lipinski definition) is 1. The molecule has 10 heavy (non-hydrogen) atoms. The molecule has 1 heterocycles. The molecular formula is C8H14O2. The van der Waals surface area contributed by atoms with E-state index in [1.165, 1.54) is 0 Å². The zero-order valence-corrected chi connectivity index (χ0v) is 6.34. The van der Waals surface area contributed by atoms with Gasteiger partial charge in [0.2, 0.25) is 0 Å². The van der Waals surface area contributed by atoms with E-state index in [-0.39, 0.29) is 0 Å². The molecule has 0 saturated carbocycles. The Balaban J connectivity index is 2.48. The molecule has 1 fully saturated rings. The Morgan fingerprint density at radius 2 is 2.00 bits per heavy atom. The highest BCUT2D eigenvalue weighted by Crippen LogP contribution is 2.21. The summed E-state index contributed by atoms with van der Waals surface area (Å²) < 4.78 is 5.12. The molecule has 58 valence electrons. The Kier molecular flexibility index (Phi) is 2.46. The third-order valence-electron chi connectivity index (χ3n) is 1.84. The van der Waals surface area contributed by atoms with Gasteiger partial charge in [0.15, 0.2) is 0 Å². The van der Waals surface area contributed by atoms with Gasteiger partial charge >= 0.3 is 0 Å². The minimum Gasteiger partial charge on any atom is -0.386 e. The van der Waals surface area contributed by atoms with Crippen molar-refractivity contribution in [3.05, 3.63) is 12.2 Å². The molecule has 0 bridgehead atoms. The van der Waals surface area contributed by atoms with Crippen molar-refractivity contribution >= 4 is 0 Å². The fourth-order valence-electron chi connectivity index (χ4n) is 1.20. The number of hydrogen-bond acceptors (Lipinski definition) is 2. The Morgan fingerprint density at radius 3 is 2.50 bits per heavy atom. The lowest BCUT2D eigenvalue weighted by atomic mass is 9.94. The second-order valence-corrected chi connectivity index (χ2v) is 2.72. The molecule has 2 nitrogen and oxygen atoms in total. The molecule has 0 unspecified atom stereocenters. The van der Waals surface area contributed by atoms with Gasteiger partial charge in [0.25, 0.3) is 0 Å². The van der Waals surface area contributed by atoms with E-state index >= 15 is 0 Å². The van der Waals surface area contributed by atoms with Crippen LogP contribution in [0.2, 0.25) is 0 Å². The molecule has 1 rings (SSSR count). The van der Waals surface area contributed by atoms with Gasteiger partial charge < -0.3 is 9.84 Å². The third kappa shape index (κ3) is 1.82. The van der Waals surface area contributed by atoms with Crippen LogP contribution in [-0.2, 0) is 4.74 Å². The SMILES string of the molecule is CC=CC1(O)CCOCC1. The summed E-state index contributed by atoms with van der Waals surface area (Å²) in [5.74, 6) is 0. The first-order valence-corrected chi connectivity index (χ1v) is 3.71. The summed E-state index contributed by atoms with van der Waals surface area (Å²) in [7, 11) is 0. The van der Waals surface area contributed by atoms with Gasteiger partial charge in [-0.05, 0) is 6.92 Å². The first-order valence-electron chi connectivity index (χ1n) is 3.71. The van der Waals surface area contributed by atoms with Gasteiger partial charge in [-0.15, -0.1) is 0 Å². The van der Waals surface area contributed by atoms with Gasteiger partial charge in [-0.3, -0.25) is 0 Å². The monoisotopic (exact) mass is 142 g/mol. The van der Waals surface area contributed by atoms with Crippen molar-refractivity contribution in [2.24, 2.45) is 0 Å². The minimum absolute atomic E-state index is 0.576. The molecule has 2 heteroatoms. The van der Waals surface area contributed by atoms with E-state index in [4.69, 9.17) is 4.74 Å². The Hall–Kier alpha value is -0.340. The van der Waals surface area contributed by atoms with Crippen LogP contribution in [0.15, 0.2) is 12.2 Å². The predicted octanol–water partition coefficient (Wildman–Crippen LogP) is 1.10. The van der Waals surface area contributed by atoms with Crippen LogP contribution in [0.25, 0.3) is 0 Å². The van der Waals surface area contributed by atoms with Gasteiger partial charge in [0.05, 0.1) is 5.60 Å². The highest BCUT2D eigenvalue weighted by molar-refractivity contribution is 5.00. The molecular weight excluding hydrogens is 128 g/mol. The average molecular weight is 142 g/mol. The average Bonchev–Trinajstić information content (AvgIpc) is 1.89. The summed E-state index contributed by atoms with van der Waals surface area (Å²) in [5, 5.41) is 9.70. The van der Waals surface area contributed by atoms with Crippen LogP contribution in [0.3, 0.4) is 0 Å². The van der Waals surface area contributed by atoms with Crippen LogP contribution in [0.1, 0.15) is 19.8 Å². The summed E-state index contributed by atoms with van der Waals surface area (Å²) in [6, 6.07) is 0. The Labute approximate surface area is 61.5 Å². The molecule has 1 saturated heterocycles. The van der Waals surface area contributed by atoms with Gasteiger partial charge in [-0.2, -0.15) is 0 Å². The lowest BCUT2D eigenvalue weighted by Crippen LogP contribution is -2.33. The standard InChI is InChI=1S/C8H14O2/c1-2-3-8(9)4-6-10-7-5-8/h2-3,9H,4-7H2,1H3. The maximum absolute atomic E-state index is 9.70. The van der Waals surface area contributed by atoms with Crippen molar-refractivity contribution in [3.63, 3.8) is 0 Å². The zero-order chi connectivity index (χ0) is 7.45. The Morgan fingerprint density at radius 1 is 1.40 bits per heavy atom. The lowest BCUT2D eigenvalue weighted by molar-refractivity contribution is -0.0322. The summed E-state index contributed by atoms with van der Waals surface area (Å²) in [4.78, 5) is 0. The second kappa shape index (κ2) is 3.17. The van der Waals surface area contributed by atoms with Crippen LogP contribution >= 0.6 is 0 Å².